The van der Waals surface area contributed by atoms with Gasteiger partial charge in [0.15, 0.2) is 0 Å². The van der Waals surface area contributed by atoms with E-state index < -0.39 is 0 Å². The van der Waals surface area contributed by atoms with E-state index in [4.69, 9.17) is 4.74 Å². The number of likely N-dealkylation sites (tertiary alicyclic amines) is 1. The molecule has 0 radical (unpaired) electrons. The lowest BCUT2D eigenvalue weighted by molar-refractivity contribution is -0.123. The molecule has 1 aliphatic heterocycles. The Bertz CT molecular complexity index is 484. The van der Waals surface area contributed by atoms with Gasteiger partial charge < -0.3 is 4.74 Å². The molecule has 1 aromatic rings. The van der Waals surface area contributed by atoms with Gasteiger partial charge >= 0.3 is 0 Å². The zero-order chi connectivity index (χ0) is 13.2. The van der Waals surface area contributed by atoms with Crippen molar-refractivity contribution in [2.45, 2.75) is 38.1 Å². The average Bonchev–Trinajstić information content (AvgIpc) is 2.46. The van der Waals surface area contributed by atoms with Crippen LogP contribution in [0.2, 0.25) is 0 Å². The summed E-state index contributed by atoms with van der Waals surface area (Å²) >= 11 is 0. The number of benzene rings is 1. The Morgan fingerprint density at radius 1 is 1.26 bits per heavy atom. The van der Waals surface area contributed by atoms with E-state index in [9.17, 15) is 4.79 Å². The van der Waals surface area contributed by atoms with E-state index in [0.717, 1.165) is 44.4 Å². The maximum Gasteiger partial charge on any atom is 0.146 e. The van der Waals surface area contributed by atoms with E-state index in [-0.39, 0.29) is 0 Å². The molecule has 19 heavy (non-hydrogen) atoms. The Morgan fingerprint density at radius 3 is 2.95 bits per heavy atom. The number of nitrogens with zero attached hydrogens (tertiary/aromatic N) is 1. The van der Waals surface area contributed by atoms with Crippen molar-refractivity contribution in [1.82, 2.24) is 4.90 Å². The summed E-state index contributed by atoms with van der Waals surface area (Å²) in [5.41, 5.74) is 2.84. The molecule has 1 aromatic carbocycles. The highest BCUT2D eigenvalue weighted by Crippen LogP contribution is 2.28. The topological polar surface area (TPSA) is 29.5 Å². The van der Waals surface area contributed by atoms with Crippen LogP contribution in [0.3, 0.4) is 0 Å². The summed E-state index contributed by atoms with van der Waals surface area (Å²) in [6.07, 6.45) is 5.14. The normalized spacial score (nSPS) is 24.1. The maximum absolute atomic E-state index is 11.6. The van der Waals surface area contributed by atoms with Crippen molar-refractivity contribution in [3.05, 3.63) is 29.3 Å². The first-order chi connectivity index (χ1) is 9.26. The first kappa shape index (κ1) is 12.7. The molecule has 0 spiro atoms. The van der Waals surface area contributed by atoms with Crippen LogP contribution in [-0.2, 0) is 17.6 Å². The van der Waals surface area contributed by atoms with Crippen LogP contribution in [0.4, 0.5) is 0 Å². The number of ketones is 1. The van der Waals surface area contributed by atoms with Gasteiger partial charge in [-0.2, -0.15) is 0 Å². The number of fused-ring (bicyclic) bond motifs is 1. The highest BCUT2D eigenvalue weighted by Gasteiger charge is 2.27. The van der Waals surface area contributed by atoms with Crippen LogP contribution in [0.15, 0.2) is 18.2 Å². The molecule has 2 aliphatic rings. The van der Waals surface area contributed by atoms with Crippen LogP contribution in [0.1, 0.15) is 30.4 Å². The molecule has 3 nitrogen and oxygen atoms in total. The van der Waals surface area contributed by atoms with Gasteiger partial charge in [0.25, 0.3) is 0 Å². The maximum atomic E-state index is 11.6. The number of carbonyl (C=O) groups excluding carboxylic acids is 1. The Balaban J connectivity index is 1.73. The van der Waals surface area contributed by atoms with Crippen LogP contribution < -0.4 is 4.74 Å². The highest BCUT2D eigenvalue weighted by atomic mass is 16.5. The van der Waals surface area contributed by atoms with Crippen molar-refractivity contribution in [3.63, 3.8) is 0 Å². The summed E-state index contributed by atoms with van der Waals surface area (Å²) in [6, 6.07) is 6.94. The lowest BCUT2D eigenvalue weighted by Gasteiger charge is -2.36. The molecule has 0 aromatic heterocycles. The summed E-state index contributed by atoms with van der Waals surface area (Å²) in [7, 11) is 1.71. The van der Waals surface area contributed by atoms with E-state index in [1.165, 1.54) is 11.1 Å². The van der Waals surface area contributed by atoms with Crippen molar-refractivity contribution in [1.29, 1.82) is 0 Å². The minimum Gasteiger partial charge on any atom is -0.497 e. The van der Waals surface area contributed by atoms with Crippen molar-refractivity contribution >= 4 is 5.78 Å². The third-order valence-electron chi connectivity index (χ3n) is 4.41. The van der Waals surface area contributed by atoms with E-state index >= 15 is 0 Å². The largest absolute Gasteiger partial charge is 0.497 e. The minimum absolute atomic E-state index is 0.409. The number of ether oxygens (including phenoxy) is 1. The van der Waals surface area contributed by atoms with Crippen LogP contribution in [-0.4, -0.2) is 36.9 Å². The summed E-state index contributed by atoms with van der Waals surface area (Å²) in [5.74, 6) is 1.36. The van der Waals surface area contributed by atoms with Gasteiger partial charge in [0.2, 0.25) is 0 Å². The van der Waals surface area contributed by atoms with Gasteiger partial charge in [-0.1, -0.05) is 6.07 Å². The summed E-state index contributed by atoms with van der Waals surface area (Å²) in [6.45, 7) is 1.75. The highest BCUT2D eigenvalue weighted by molar-refractivity contribution is 5.81. The molecular formula is C16H21NO2. The van der Waals surface area contributed by atoms with Crippen LogP contribution in [0, 0.1) is 0 Å². The molecule has 1 aliphatic carbocycles. The zero-order valence-electron chi connectivity index (χ0n) is 11.5. The second-order valence-electron chi connectivity index (χ2n) is 5.64. The second kappa shape index (κ2) is 5.33. The summed E-state index contributed by atoms with van der Waals surface area (Å²) in [4.78, 5) is 14.0. The monoisotopic (exact) mass is 259 g/mol. The Hall–Kier alpha value is -1.35. The molecule has 1 atom stereocenters. The first-order valence-corrected chi connectivity index (χ1v) is 7.18. The van der Waals surface area contributed by atoms with E-state index in [0.29, 0.717) is 18.4 Å². The van der Waals surface area contributed by atoms with Gasteiger partial charge in [0.1, 0.15) is 11.5 Å². The molecule has 102 valence electrons. The molecule has 1 fully saturated rings. The Morgan fingerprint density at radius 2 is 2.16 bits per heavy atom. The smallest absolute Gasteiger partial charge is 0.146 e. The number of hydrogen-bond donors (Lipinski definition) is 0. The van der Waals surface area contributed by atoms with Crippen LogP contribution in [0.5, 0.6) is 5.75 Å². The summed E-state index contributed by atoms with van der Waals surface area (Å²) < 4.78 is 5.28. The van der Waals surface area contributed by atoms with Crippen molar-refractivity contribution in [3.8, 4) is 5.75 Å². The van der Waals surface area contributed by atoms with Gasteiger partial charge in [-0.3, -0.25) is 9.69 Å². The number of aryl methyl sites for hydroxylation is 1. The molecule has 1 heterocycles. The molecule has 0 saturated carbocycles. The van der Waals surface area contributed by atoms with E-state index in [1.54, 1.807) is 7.11 Å². The number of methoxy groups -OCH3 is 1. The van der Waals surface area contributed by atoms with Crippen LogP contribution >= 0.6 is 0 Å². The number of Topliss-reactive ketones (excluding diaryl/α,β-unsaturated/α-hetero) is 1. The van der Waals surface area contributed by atoms with E-state index in [2.05, 4.69) is 17.0 Å². The summed E-state index contributed by atoms with van der Waals surface area (Å²) in [5, 5.41) is 0. The van der Waals surface area contributed by atoms with Gasteiger partial charge in [-0.05, 0) is 55.5 Å². The molecule has 0 bridgehead atoms. The van der Waals surface area contributed by atoms with Crippen molar-refractivity contribution < 1.29 is 9.53 Å². The molecule has 0 amide bonds. The molecular weight excluding hydrogens is 238 g/mol. The predicted molar refractivity (Wildman–Crippen MR) is 74.6 cm³/mol. The predicted octanol–water partition coefficient (Wildman–Crippen LogP) is 2.22. The first-order valence-electron chi connectivity index (χ1n) is 7.18. The lowest BCUT2D eigenvalue weighted by Crippen LogP contribution is -2.45. The van der Waals surface area contributed by atoms with Gasteiger partial charge in [0.05, 0.1) is 13.7 Å². The van der Waals surface area contributed by atoms with Gasteiger partial charge in [0, 0.05) is 12.5 Å². The Labute approximate surface area is 114 Å². The molecule has 3 heteroatoms. The van der Waals surface area contributed by atoms with E-state index in [1.807, 2.05) is 6.07 Å². The number of hydrogen-bond acceptors (Lipinski definition) is 3. The third kappa shape index (κ3) is 2.66. The molecule has 0 unspecified atom stereocenters. The number of rotatable bonds is 2. The minimum atomic E-state index is 0.409. The standard InChI is InChI=1S/C16H21NO2/c1-19-16-7-5-12-9-14(6-4-13(12)10-16)17-8-2-3-15(18)11-17/h5,7,10,14H,2-4,6,8-9,11H2,1H3/t14-/m0/s1. The third-order valence-corrected chi connectivity index (χ3v) is 4.41. The SMILES string of the molecule is COc1ccc2c(c1)CC[C@H](N1CCCC(=O)C1)C2. The number of piperidine rings is 1. The fourth-order valence-electron chi connectivity index (χ4n) is 3.33. The average molecular weight is 259 g/mol. The van der Waals surface area contributed by atoms with Crippen molar-refractivity contribution in [2.75, 3.05) is 20.2 Å². The fourth-order valence-corrected chi connectivity index (χ4v) is 3.33. The quantitative estimate of drug-likeness (QED) is 0.815. The lowest BCUT2D eigenvalue weighted by atomic mass is 9.86. The second-order valence-corrected chi connectivity index (χ2v) is 5.64. The van der Waals surface area contributed by atoms with Gasteiger partial charge in [-0.15, -0.1) is 0 Å². The van der Waals surface area contributed by atoms with Gasteiger partial charge in [-0.25, -0.2) is 0 Å². The molecule has 1 saturated heterocycles. The number of carbonyl (C=O) groups is 1. The zero-order valence-corrected chi connectivity index (χ0v) is 11.5. The Kier molecular flexibility index (Phi) is 3.56. The fraction of sp³-hybridized carbons (Fsp3) is 0.562. The van der Waals surface area contributed by atoms with Crippen LogP contribution in [0.25, 0.3) is 0 Å². The van der Waals surface area contributed by atoms with Crippen molar-refractivity contribution in [2.24, 2.45) is 0 Å². The molecule has 3 rings (SSSR count). The molecule has 0 N–H and O–H groups in total.